The number of aromatic nitrogens is 1. The molecule has 1 amide bonds. The molecule has 1 atom stereocenters. The first-order valence-electron chi connectivity index (χ1n) is 11.8. The van der Waals surface area contributed by atoms with Crippen LogP contribution in [0.1, 0.15) is 54.4 Å². The zero-order valence-corrected chi connectivity index (χ0v) is 21.2. The fourth-order valence-electron chi connectivity index (χ4n) is 5.49. The summed E-state index contributed by atoms with van der Waals surface area (Å²) in [4.78, 5) is 20.2. The molecule has 3 aromatic rings. The molecule has 5 rings (SSSR count). The lowest BCUT2D eigenvalue weighted by Gasteiger charge is -2.35. The molecule has 0 bridgehead atoms. The number of piperidine rings is 1. The molecule has 2 aliphatic rings. The van der Waals surface area contributed by atoms with Crippen molar-refractivity contribution in [1.82, 2.24) is 9.88 Å². The van der Waals surface area contributed by atoms with Crippen molar-refractivity contribution >= 4 is 36.4 Å². The Bertz CT molecular complexity index is 1090. The third-order valence-electron chi connectivity index (χ3n) is 7.42. The molecule has 4 nitrogen and oxygen atoms in total. The highest BCUT2D eigenvalue weighted by atomic mass is 35.5. The molecular weight excluding hydrogens is 465 g/mol. The monoisotopic (exact) mass is 497 g/mol. The quantitative estimate of drug-likeness (QED) is 0.454. The van der Waals surface area contributed by atoms with Crippen molar-refractivity contribution in [2.45, 2.75) is 43.9 Å². The van der Waals surface area contributed by atoms with Crippen LogP contribution >= 0.6 is 24.8 Å². The zero-order valence-electron chi connectivity index (χ0n) is 19.6. The van der Waals surface area contributed by atoms with Gasteiger partial charge in [-0.3, -0.25) is 9.78 Å². The molecule has 0 aliphatic carbocycles. The highest BCUT2D eigenvalue weighted by Gasteiger charge is 2.48. The second kappa shape index (κ2) is 11.4. The van der Waals surface area contributed by atoms with Crippen LogP contribution in [0.3, 0.4) is 0 Å². The minimum Gasteiger partial charge on any atom is -0.325 e. The lowest BCUT2D eigenvalue weighted by molar-refractivity contribution is -0.119. The van der Waals surface area contributed by atoms with Gasteiger partial charge in [-0.15, -0.1) is 24.8 Å². The zero-order chi connectivity index (χ0) is 22.0. The van der Waals surface area contributed by atoms with Crippen LogP contribution in [0, 0.1) is 0 Å². The molecule has 0 saturated carbocycles. The van der Waals surface area contributed by atoms with Gasteiger partial charge in [0.15, 0.2) is 0 Å². The number of fused-ring (bicyclic) bond motifs is 1. The Hall–Kier alpha value is -2.40. The van der Waals surface area contributed by atoms with E-state index in [1.54, 1.807) is 0 Å². The van der Waals surface area contributed by atoms with Gasteiger partial charge in [0.25, 0.3) is 0 Å². The van der Waals surface area contributed by atoms with E-state index in [0.717, 1.165) is 62.1 Å². The van der Waals surface area contributed by atoms with E-state index < -0.39 is 5.41 Å². The Morgan fingerprint density at radius 2 is 1.71 bits per heavy atom. The molecule has 1 N–H and O–H groups in total. The van der Waals surface area contributed by atoms with Gasteiger partial charge in [0.05, 0.1) is 0 Å². The lowest BCUT2D eigenvalue weighted by Crippen LogP contribution is -2.41. The predicted octanol–water partition coefficient (Wildman–Crippen LogP) is 6.00. The fourth-order valence-corrected chi connectivity index (χ4v) is 5.49. The fraction of sp³-hybridized carbons (Fsp3) is 0.357. The lowest BCUT2D eigenvalue weighted by atomic mass is 9.72. The maximum Gasteiger partial charge on any atom is 0.239 e. The number of carbonyl (C=O) groups is 1. The molecule has 1 saturated heterocycles. The summed E-state index contributed by atoms with van der Waals surface area (Å²) in [5.74, 6) is 0.721. The maximum atomic E-state index is 13.5. The third kappa shape index (κ3) is 4.86. The molecule has 0 spiro atoms. The van der Waals surface area contributed by atoms with Crippen molar-refractivity contribution in [1.29, 1.82) is 0 Å². The summed E-state index contributed by atoms with van der Waals surface area (Å²) in [5.41, 5.74) is 5.23. The van der Waals surface area contributed by atoms with Crippen LogP contribution in [0.25, 0.3) is 0 Å². The number of halogens is 2. The number of aryl methyl sites for hydroxylation is 1. The first-order chi connectivity index (χ1) is 15.7. The van der Waals surface area contributed by atoms with Crippen LogP contribution in [0.5, 0.6) is 0 Å². The second-order valence-electron chi connectivity index (χ2n) is 9.11. The van der Waals surface area contributed by atoms with Crippen molar-refractivity contribution in [3.63, 3.8) is 0 Å². The molecule has 0 radical (unpaired) electrons. The number of hydrogen-bond donors (Lipinski definition) is 1. The Morgan fingerprint density at radius 3 is 2.38 bits per heavy atom. The average molecular weight is 498 g/mol. The summed E-state index contributed by atoms with van der Waals surface area (Å²) in [5, 5.41) is 3.21. The van der Waals surface area contributed by atoms with Crippen molar-refractivity contribution in [2.24, 2.45) is 0 Å². The Morgan fingerprint density at radius 1 is 1.00 bits per heavy atom. The van der Waals surface area contributed by atoms with Crippen molar-refractivity contribution in [3.8, 4) is 0 Å². The van der Waals surface area contributed by atoms with Gasteiger partial charge in [0, 0.05) is 18.1 Å². The van der Waals surface area contributed by atoms with E-state index >= 15 is 0 Å². The third-order valence-corrected chi connectivity index (χ3v) is 7.42. The first kappa shape index (κ1) is 26.2. The van der Waals surface area contributed by atoms with E-state index in [-0.39, 0.29) is 30.7 Å². The van der Waals surface area contributed by atoms with Gasteiger partial charge in [-0.25, -0.2) is 0 Å². The molecule has 3 heterocycles. The highest BCUT2D eigenvalue weighted by molar-refractivity contribution is 6.08. The molecule has 6 heteroatoms. The number of amides is 1. The van der Waals surface area contributed by atoms with Gasteiger partial charge in [-0.2, -0.15) is 0 Å². The SMILES string of the molecule is CCc1ccc2c(c1)NC(=O)C2(CCN1CCC(c2ccncc2)CC1)c1ccccc1.Cl.Cl. The Kier molecular flexibility index (Phi) is 8.75. The Balaban J connectivity index is 0.00000162. The topological polar surface area (TPSA) is 45.2 Å². The van der Waals surface area contributed by atoms with Crippen molar-refractivity contribution < 1.29 is 4.79 Å². The largest absolute Gasteiger partial charge is 0.325 e. The highest BCUT2D eigenvalue weighted by Crippen LogP contribution is 2.46. The van der Waals surface area contributed by atoms with Gasteiger partial charge in [0.2, 0.25) is 5.91 Å². The summed E-state index contributed by atoms with van der Waals surface area (Å²) in [7, 11) is 0. The predicted molar refractivity (Wildman–Crippen MR) is 143 cm³/mol. The van der Waals surface area contributed by atoms with Gasteiger partial charge >= 0.3 is 0 Å². The molecule has 1 unspecified atom stereocenters. The van der Waals surface area contributed by atoms with Crippen LogP contribution in [0.2, 0.25) is 0 Å². The number of likely N-dealkylation sites (tertiary alicyclic amines) is 1. The van der Waals surface area contributed by atoms with Crippen LogP contribution in [-0.4, -0.2) is 35.4 Å². The van der Waals surface area contributed by atoms with E-state index in [9.17, 15) is 4.79 Å². The maximum absolute atomic E-state index is 13.5. The summed E-state index contributed by atoms with van der Waals surface area (Å²) in [6.45, 7) is 5.21. The number of nitrogens with one attached hydrogen (secondary N) is 1. The number of nitrogens with zero attached hydrogens (tertiary/aromatic N) is 2. The number of hydrogen-bond acceptors (Lipinski definition) is 3. The summed E-state index contributed by atoms with van der Waals surface area (Å²) in [6, 6.07) is 21.1. The Labute approximate surface area is 215 Å². The summed E-state index contributed by atoms with van der Waals surface area (Å²) >= 11 is 0. The van der Waals surface area contributed by atoms with Crippen LogP contribution < -0.4 is 5.32 Å². The number of benzene rings is 2. The molecule has 2 aliphatic heterocycles. The number of pyridine rings is 1. The summed E-state index contributed by atoms with van der Waals surface area (Å²) in [6.07, 6.45) is 7.86. The van der Waals surface area contributed by atoms with Crippen LogP contribution in [-0.2, 0) is 16.6 Å². The molecule has 1 fully saturated rings. The van der Waals surface area contributed by atoms with E-state index in [0.29, 0.717) is 5.92 Å². The van der Waals surface area contributed by atoms with Crippen molar-refractivity contribution in [2.75, 3.05) is 25.0 Å². The van der Waals surface area contributed by atoms with E-state index in [1.165, 1.54) is 11.1 Å². The number of anilines is 1. The molecule has 2 aromatic carbocycles. The number of carbonyl (C=O) groups excluding carboxylic acids is 1. The van der Waals surface area contributed by atoms with Gasteiger partial charge in [-0.1, -0.05) is 49.4 Å². The van der Waals surface area contributed by atoms with Crippen LogP contribution in [0.4, 0.5) is 5.69 Å². The molecule has 1 aromatic heterocycles. The van der Waals surface area contributed by atoms with Gasteiger partial charge in [0.1, 0.15) is 5.41 Å². The van der Waals surface area contributed by atoms with E-state index in [1.807, 2.05) is 30.6 Å². The van der Waals surface area contributed by atoms with Crippen LogP contribution in [0.15, 0.2) is 73.1 Å². The minimum atomic E-state index is -0.620. The van der Waals surface area contributed by atoms with Gasteiger partial charge < -0.3 is 10.2 Å². The average Bonchev–Trinajstić information content (AvgIpc) is 3.15. The second-order valence-corrected chi connectivity index (χ2v) is 9.11. The minimum absolute atomic E-state index is 0. The standard InChI is InChI=1S/C28H31N3O.2ClH/c1-2-21-8-9-25-26(20-21)30-27(32)28(25,24-6-4-3-5-7-24)14-19-31-17-12-23(13-18-31)22-10-15-29-16-11-22;;/h3-11,15-16,20,23H,2,12-14,17-19H2,1H3,(H,30,32);2*1H. The normalized spacial score (nSPS) is 20.1. The first-order valence-corrected chi connectivity index (χ1v) is 11.8. The van der Waals surface area contributed by atoms with Gasteiger partial charge in [-0.05, 0) is 91.7 Å². The van der Waals surface area contributed by atoms with Crippen molar-refractivity contribution in [3.05, 3.63) is 95.3 Å². The summed E-state index contributed by atoms with van der Waals surface area (Å²) < 4.78 is 0. The number of rotatable bonds is 6. The van der Waals surface area contributed by atoms with E-state index in [4.69, 9.17) is 0 Å². The molecule has 34 heavy (non-hydrogen) atoms. The van der Waals surface area contributed by atoms with E-state index in [2.05, 4.69) is 64.6 Å². The molecule has 180 valence electrons. The smallest absolute Gasteiger partial charge is 0.239 e. The molecular formula is C28H33Cl2N3O.